The third kappa shape index (κ3) is 5.84. The second-order valence-corrected chi connectivity index (χ2v) is 23.4. The van der Waals surface area contributed by atoms with Crippen molar-refractivity contribution in [2.45, 2.75) is 124 Å². The van der Waals surface area contributed by atoms with Crippen LogP contribution in [0.5, 0.6) is 0 Å². The van der Waals surface area contributed by atoms with Gasteiger partial charge in [-0.05, 0) is 143 Å². The SMILES string of the molecule is Cc1ccc(-c2ccccc2)cc1N1c2cc3c(cc2B2c4ccc(C(C)(C)C)cc4N(c4cccc5c4-c4ccccc4C5(C)C)c4cc(C(C)(C)C)cc1c42)C(C)(C)CC3(C)C. The van der Waals surface area contributed by atoms with Crippen molar-refractivity contribution in [3.63, 3.8) is 0 Å². The van der Waals surface area contributed by atoms with Gasteiger partial charge in [-0.2, -0.15) is 0 Å². The van der Waals surface area contributed by atoms with Crippen LogP contribution < -0.4 is 26.2 Å². The maximum absolute atomic E-state index is 2.70. The summed E-state index contributed by atoms with van der Waals surface area (Å²) in [5.41, 5.74) is 26.5. The first-order valence-electron chi connectivity index (χ1n) is 23.7. The van der Waals surface area contributed by atoms with Crippen molar-refractivity contribution in [1.82, 2.24) is 0 Å². The van der Waals surface area contributed by atoms with Gasteiger partial charge in [-0.1, -0.05) is 180 Å². The summed E-state index contributed by atoms with van der Waals surface area (Å²) in [6.45, 7) is 31.2. The molecule has 7 aromatic carbocycles. The van der Waals surface area contributed by atoms with Crippen molar-refractivity contribution in [1.29, 1.82) is 0 Å². The van der Waals surface area contributed by atoms with Crippen molar-refractivity contribution in [2.75, 3.05) is 9.80 Å². The Bertz CT molecular complexity index is 3100. The molecule has 4 aliphatic rings. The molecule has 3 heteroatoms. The van der Waals surface area contributed by atoms with Gasteiger partial charge in [0.15, 0.2) is 0 Å². The molecular formula is C61H63BN2. The molecule has 2 aliphatic carbocycles. The fourth-order valence-corrected chi connectivity index (χ4v) is 12.5. The van der Waals surface area contributed by atoms with Crippen LogP contribution in [0.1, 0.15) is 128 Å². The normalized spacial score (nSPS) is 17.0. The molecule has 2 nitrogen and oxygen atoms in total. The van der Waals surface area contributed by atoms with E-state index in [1.165, 1.54) is 112 Å². The van der Waals surface area contributed by atoms with Crippen LogP contribution in [0.4, 0.5) is 34.1 Å². The van der Waals surface area contributed by atoms with Crippen LogP contribution in [-0.2, 0) is 27.1 Å². The van der Waals surface area contributed by atoms with E-state index in [0.29, 0.717) is 0 Å². The average molecular weight is 835 g/mol. The Labute approximate surface area is 383 Å². The van der Waals surface area contributed by atoms with Crippen LogP contribution in [-0.4, -0.2) is 6.71 Å². The zero-order valence-corrected chi connectivity index (χ0v) is 40.4. The van der Waals surface area contributed by atoms with E-state index in [4.69, 9.17) is 0 Å². The van der Waals surface area contributed by atoms with E-state index in [1.807, 2.05) is 0 Å². The summed E-state index contributed by atoms with van der Waals surface area (Å²) in [7, 11) is 0. The minimum Gasteiger partial charge on any atom is -0.311 e. The van der Waals surface area contributed by atoms with Crippen molar-refractivity contribution in [2.24, 2.45) is 0 Å². The van der Waals surface area contributed by atoms with E-state index < -0.39 is 0 Å². The van der Waals surface area contributed by atoms with Crippen LogP contribution >= 0.6 is 0 Å². The molecule has 0 spiro atoms. The van der Waals surface area contributed by atoms with Gasteiger partial charge < -0.3 is 9.80 Å². The van der Waals surface area contributed by atoms with E-state index in [1.54, 1.807) is 0 Å². The van der Waals surface area contributed by atoms with Crippen molar-refractivity contribution in [3.8, 4) is 22.3 Å². The second-order valence-electron chi connectivity index (χ2n) is 23.4. The molecule has 64 heavy (non-hydrogen) atoms. The Hall–Kier alpha value is -5.80. The molecule has 2 heterocycles. The summed E-state index contributed by atoms with van der Waals surface area (Å²) in [5, 5.41) is 0. The van der Waals surface area contributed by atoms with E-state index in [0.717, 1.165) is 6.42 Å². The van der Waals surface area contributed by atoms with Gasteiger partial charge in [0.2, 0.25) is 0 Å². The fourth-order valence-electron chi connectivity index (χ4n) is 12.5. The van der Waals surface area contributed by atoms with Gasteiger partial charge in [0, 0.05) is 39.4 Å². The van der Waals surface area contributed by atoms with E-state index >= 15 is 0 Å². The van der Waals surface area contributed by atoms with Crippen LogP contribution in [0, 0.1) is 6.92 Å². The van der Waals surface area contributed by atoms with E-state index in [-0.39, 0.29) is 33.8 Å². The summed E-state index contributed by atoms with van der Waals surface area (Å²) < 4.78 is 0. The molecule has 11 rings (SSSR count). The summed E-state index contributed by atoms with van der Waals surface area (Å²) in [5.74, 6) is 0. The zero-order valence-electron chi connectivity index (χ0n) is 40.4. The summed E-state index contributed by atoms with van der Waals surface area (Å²) in [4.78, 5) is 5.38. The Morgan fingerprint density at radius 1 is 0.453 bits per heavy atom. The number of fused-ring (bicyclic) bond motifs is 8. The van der Waals surface area contributed by atoms with Gasteiger partial charge in [0.05, 0.1) is 5.69 Å². The van der Waals surface area contributed by atoms with Crippen molar-refractivity contribution < 1.29 is 0 Å². The molecule has 320 valence electrons. The van der Waals surface area contributed by atoms with Crippen molar-refractivity contribution in [3.05, 3.63) is 172 Å². The highest BCUT2D eigenvalue weighted by Gasteiger charge is 2.49. The summed E-state index contributed by atoms with van der Waals surface area (Å²) >= 11 is 0. The van der Waals surface area contributed by atoms with Gasteiger partial charge in [0.25, 0.3) is 6.71 Å². The lowest BCUT2D eigenvalue weighted by Crippen LogP contribution is -2.61. The number of hydrogen-bond donors (Lipinski definition) is 0. The molecule has 0 N–H and O–H groups in total. The van der Waals surface area contributed by atoms with Gasteiger partial charge in [-0.25, -0.2) is 0 Å². The Balaban J connectivity index is 1.30. The number of rotatable bonds is 3. The highest BCUT2D eigenvalue weighted by Crippen LogP contribution is 2.57. The van der Waals surface area contributed by atoms with E-state index in [9.17, 15) is 0 Å². The summed E-state index contributed by atoms with van der Waals surface area (Å²) in [6.07, 6.45) is 1.12. The standard InChI is InChI=1S/C61H63BN2/c1-37-26-27-39(38-20-15-14-16-21-38)30-50(37)64-52-35-46-45(59(8,9)36-60(46,10)11)34-48(52)62-47-29-28-40(57(2,3)4)31-51(47)63(53-32-41(58(5,6)7)33-54(64)56(53)62)49-25-19-24-44-55(49)42-22-17-18-23-43(42)61(44,12)13/h14-35H,36H2,1-13H3. The summed E-state index contributed by atoms with van der Waals surface area (Å²) in [6, 6.07) is 52.1. The number of nitrogens with zero attached hydrogens (tertiary/aromatic N) is 2. The smallest absolute Gasteiger partial charge is 0.252 e. The number of anilines is 6. The Morgan fingerprint density at radius 2 is 1.05 bits per heavy atom. The molecule has 0 aromatic heterocycles. The van der Waals surface area contributed by atoms with Gasteiger partial charge in [-0.15, -0.1) is 0 Å². The molecular weight excluding hydrogens is 771 g/mol. The minimum atomic E-state index is -0.124. The number of hydrogen-bond acceptors (Lipinski definition) is 2. The Morgan fingerprint density at radius 3 is 1.73 bits per heavy atom. The van der Waals surface area contributed by atoms with E-state index in [2.05, 4.69) is 233 Å². The zero-order chi connectivity index (χ0) is 45.0. The molecule has 0 amide bonds. The second kappa shape index (κ2) is 13.4. The molecule has 0 saturated carbocycles. The molecule has 0 unspecified atom stereocenters. The van der Waals surface area contributed by atoms with Crippen LogP contribution in [0.3, 0.4) is 0 Å². The third-order valence-electron chi connectivity index (χ3n) is 15.7. The molecule has 0 fully saturated rings. The minimum absolute atomic E-state index is 0.0356. The van der Waals surface area contributed by atoms with Crippen molar-refractivity contribution >= 4 is 57.2 Å². The molecule has 0 saturated heterocycles. The van der Waals surface area contributed by atoms with Gasteiger partial charge in [-0.3, -0.25) is 0 Å². The number of aryl methyl sites for hydroxylation is 1. The molecule has 2 aliphatic heterocycles. The lowest BCUT2D eigenvalue weighted by atomic mass is 9.33. The van der Waals surface area contributed by atoms with Gasteiger partial charge >= 0.3 is 0 Å². The van der Waals surface area contributed by atoms with Crippen LogP contribution in [0.2, 0.25) is 0 Å². The number of benzene rings is 7. The fraction of sp³-hybridized carbons (Fsp3) is 0.311. The predicted octanol–water partition coefficient (Wildman–Crippen LogP) is 14.6. The monoisotopic (exact) mass is 835 g/mol. The third-order valence-corrected chi connectivity index (χ3v) is 15.7. The lowest BCUT2D eigenvalue weighted by Gasteiger charge is -2.46. The van der Waals surface area contributed by atoms with Crippen LogP contribution in [0.15, 0.2) is 133 Å². The molecule has 0 atom stereocenters. The van der Waals surface area contributed by atoms with Crippen LogP contribution in [0.25, 0.3) is 22.3 Å². The largest absolute Gasteiger partial charge is 0.311 e. The van der Waals surface area contributed by atoms with Gasteiger partial charge in [0.1, 0.15) is 0 Å². The maximum Gasteiger partial charge on any atom is 0.252 e. The molecule has 0 bridgehead atoms. The first kappa shape index (κ1) is 40.9. The quantitative estimate of drug-likeness (QED) is 0.164. The predicted molar refractivity (Wildman–Crippen MR) is 276 cm³/mol. The first-order valence-corrected chi connectivity index (χ1v) is 23.7. The average Bonchev–Trinajstić information content (AvgIpc) is 3.59. The highest BCUT2D eigenvalue weighted by atomic mass is 15.2. The lowest BCUT2D eigenvalue weighted by molar-refractivity contribution is 0.403. The Kier molecular flexibility index (Phi) is 8.56. The topological polar surface area (TPSA) is 6.48 Å². The molecule has 0 radical (unpaired) electrons. The highest BCUT2D eigenvalue weighted by molar-refractivity contribution is 7.00. The maximum atomic E-state index is 2.70. The molecule has 7 aromatic rings. The first-order chi connectivity index (χ1) is 30.2.